The number of benzene rings is 2. The van der Waals surface area contributed by atoms with Gasteiger partial charge in [-0.25, -0.2) is 0 Å². The second kappa shape index (κ2) is 5.89. The van der Waals surface area contributed by atoms with Gasteiger partial charge in [-0.3, -0.25) is 4.57 Å². The first-order valence-corrected chi connectivity index (χ1v) is 7.83. The SMILES string of the molecule is CCOP(=O)(O)c1ccccc1-c1cccc(Cl)c1. The maximum atomic E-state index is 12.2. The highest BCUT2D eigenvalue weighted by Gasteiger charge is 2.25. The van der Waals surface area contributed by atoms with Crippen LogP contribution < -0.4 is 5.30 Å². The van der Waals surface area contributed by atoms with Gasteiger partial charge in [0.1, 0.15) is 0 Å². The zero-order valence-electron chi connectivity index (χ0n) is 10.4. The number of hydrogen-bond donors (Lipinski definition) is 1. The van der Waals surface area contributed by atoms with E-state index in [4.69, 9.17) is 16.1 Å². The first-order chi connectivity index (χ1) is 9.04. The standard InChI is InChI=1S/C14H14ClO3P/c1-2-18-19(16,17)14-9-4-3-8-13(14)11-6-5-7-12(15)10-11/h3-10H,2H2,1H3,(H,16,17). The Morgan fingerprint density at radius 3 is 2.63 bits per heavy atom. The number of hydrogen-bond acceptors (Lipinski definition) is 2. The molecule has 3 nitrogen and oxygen atoms in total. The van der Waals surface area contributed by atoms with Gasteiger partial charge in [0.25, 0.3) is 0 Å². The largest absolute Gasteiger partial charge is 0.359 e. The van der Waals surface area contributed by atoms with Gasteiger partial charge in [-0.05, 0) is 36.2 Å². The second-order valence-corrected chi connectivity index (χ2v) is 6.18. The van der Waals surface area contributed by atoms with Crippen molar-refractivity contribution < 1.29 is 14.0 Å². The van der Waals surface area contributed by atoms with E-state index in [0.29, 0.717) is 15.9 Å². The molecule has 2 rings (SSSR count). The lowest BCUT2D eigenvalue weighted by atomic mass is 10.1. The van der Waals surface area contributed by atoms with Gasteiger partial charge in [-0.2, -0.15) is 0 Å². The monoisotopic (exact) mass is 296 g/mol. The summed E-state index contributed by atoms with van der Waals surface area (Å²) in [6.45, 7) is 1.86. The normalized spacial score (nSPS) is 14.1. The minimum absolute atomic E-state index is 0.178. The van der Waals surface area contributed by atoms with Crippen LogP contribution in [0.4, 0.5) is 0 Å². The van der Waals surface area contributed by atoms with Crippen LogP contribution in [0.15, 0.2) is 48.5 Å². The minimum atomic E-state index is -3.81. The Morgan fingerprint density at radius 1 is 1.21 bits per heavy atom. The first-order valence-electron chi connectivity index (χ1n) is 5.87. The Balaban J connectivity index is 2.56. The van der Waals surface area contributed by atoms with Gasteiger partial charge in [0, 0.05) is 5.02 Å². The summed E-state index contributed by atoms with van der Waals surface area (Å²) in [5.41, 5.74) is 1.45. The predicted octanol–water partition coefficient (Wildman–Crippen LogP) is 3.85. The molecule has 19 heavy (non-hydrogen) atoms. The summed E-state index contributed by atoms with van der Waals surface area (Å²) in [7, 11) is -3.81. The van der Waals surface area contributed by atoms with Crippen LogP contribution in [0, 0.1) is 0 Å². The average molecular weight is 297 g/mol. The molecule has 5 heteroatoms. The molecule has 1 N–H and O–H groups in total. The number of rotatable bonds is 4. The van der Waals surface area contributed by atoms with Crippen LogP contribution in [0.1, 0.15) is 6.92 Å². The Labute approximate surface area is 117 Å². The first kappa shape index (κ1) is 14.3. The molecule has 0 fully saturated rings. The molecular formula is C14H14ClO3P. The molecule has 0 heterocycles. The maximum Gasteiger partial charge on any atom is 0.359 e. The van der Waals surface area contributed by atoms with Crippen molar-refractivity contribution in [1.82, 2.24) is 0 Å². The lowest BCUT2D eigenvalue weighted by Gasteiger charge is -2.15. The van der Waals surface area contributed by atoms with E-state index in [1.807, 2.05) is 12.1 Å². The van der Waals surface area contributed by atoms with E-state index in [1.165, 1.54) is 0 Å². The molecule has 0 aromatic heterocycles. The summed E-state index contributed by atoms with van der Waals surface area (Å²) in [5, 5.41) is 0.871. The summed E-state index contributed by atoms with van der Waals surface area (Å²) in [5.74, 6) is 0. The van der Waals surface area contributed by atoms with Gasteiger partial charge < -0.3 is 9.42 Å². The molecule has 0 aliphatic heterocycles. The summed E-state index contributed by atoms with van der Waals surface area (Å²) in [4.78, 5) is 10.00. The third-order valence-corrected chi connectivity index (χ3v) is 4.49. The fourth-order valence-corrected chi connectivity index (χ4v) is 3.33. The van der Waals surface area contributed by atoms with Gasteiger partial charge >= 0.3 is 7.60 Å². The van der Waals surface area contributed by atoms with E-state index in [0.717, 1.165) is 5.56 Å². The average Bonchev–Trinajstić information content (AvgIpc) is 2.39. The highest BCUT2D eigenvalue weighted by molar-refractivity contribution is 7.61. The molecule has 0 radical (unpaired) electrons. The summed E-state index contributed by atoms with van der Waals surface area (Å²) >= 11 is 5.96. The van der Waals surface area contributed by atoms with Crippen molar-refractivity contribution in [3.05, 3.63) is 53.6 Å². The van der Waals surface area contributed by atoms with Crippen LogP contribution in [0.2, 0.25) is 5.02 Å². The fourth-order valence-electron chi connectivity index (χ4n) is 1.86. The topological polar surface area (TPSA) is 46.5 Å². The van der Waals surface area contributed by atoms with E-state index in [-0.39, 0.29) is 6.61 Å². The molecule has 0 bridgehead atoms. The molecular weight excluding hydrogens is 283 g/mol. The summed E-state index contributed by atoms with van der Waals surface area (Å²) in [6.07, 6.45) is 0. The van der Waals surface area contributed by atoms with E-state index in [2.05, 4.69) is 0 Å². The quantitative estimate of drug-likeness (QED) is 0.872. The Bertz CT molecular complexity index is 628. The van der Waals surface area contributed by atoms with Crippen LogP contribution in [0.5, 0.6) is 0 Å². The second-order valence-electron chi connectivity index (χ2n) is 3.97. The Morgan fingerprint density at radius 2 is 1.95 bits per heavy atom. The molecule has 0 aliphatic carbocycles. The van der Waals surface area contributed by atoms with Crippen LogP contribution in [0.3, 0.4) is 0 Å². The van der Waals surface area contributed by atoms with E-state index in [9.17, 15) is 9.46 Å². The molecule has 1 atom stereocenters. The minimum Gasteiger partial charge on any atom is -0.321 e. The third-order valence-electron chi connectivity index (χ3n) is 2.65. The van der Waals surface area contributed by atoms with Crippen molar-refractivity contribution in [2.45, 2.75) is 6.92 Å². The van der Waals surface area contributed by atoms with Gasteiger partial charge in [0.05, 0.1) is 11.9 Å². The van der Waals surface area contributed by atoms with Crippen molar-refractivity contribution in [1.29, 1.82) is 0 Å². The zero-order valence-corrected chi connectivity index (χ0v) is 12.1. The zero-order chi connectivity index (χ0) is 13.9. The van der Waals surface area contributed by atoms with E-state index >= 15 is 0 Å². The van der Waals surface area contributed by atoms with Crippen molar-refractivity contribution in [3.8, 4) is 11.1 Å². The fraction of sp³-hybridized carbons (Fsp3) is 0.143. The molecule has 2 aromatic carbocycles. The van der Waals surface area contributed by atoms with Crippen LogP contribution in [0.25, 0.3) is 11.1 Å². The number of halogens is 1. The van der Waals surface area contributed by atoms with Crippen LogP contribution in [-0.4, -0.2) is 11.5 Å². The van der Waals surface area contributed by atoms with Gasteiger partial charge in [0.15, 0.2) is 0 Å². The summed E-state index contributed by atoms with van der Waals surface area (Å²) < 4.78 is 17.2. The Kier molecular flexibility index (Phi) is 4.43. The molecule has 100 valence electrons. The highest BCUT2D eigenvalue weighted by atomic mass is 35.5. The van der Waals surface area contributed by atoms with E-state index < -0.39 is 7.60 Å². The van der Waals surface area contributed by atoms with Gasteiger partial charge in [-0.15, -0.1) is 0 Å². The maximum absolute atomic E-state index is 12.2. The predicted molar refractivity (Wildman–Crippen MR) is 78.0 cm³/mol. The lowest BCUT2D eigenvalue weighted by Crippen LogP contribution is -2.10. The smallest absolute Gasteiger partial charge is 0.321 e. The molecule has 2 aromatic rings. The van der Waals surface area contributed by atoms with Crippen molar-refractivity contribution in [3.63, 3.8) is 0 Å². The highest BCUT2D eigenvalue weighted by Crippen LogP contribution is 2.43. The molecule has 0 saturated heterocycles. The van der Waals surface area contributed by atoms with Gasteiger partial charge in [0.2, 0.25) is 0 Å². The lowest BCUT2D eigenvalue weighted by molar-refractivity contribution is 0.284. The van der Waals surface area contributed by atoms with Crippen molar-refractivity contribution in [2.24, 2.45) is 0 Å². The molecule has 0 aliphatic rings. The molecule has 0 saturated carbocycles. The van der Waals surface area contributed by atoms with Crippen molar-refractivity contribution >= 4 is 24.5 Å². The third kappa shape index (κ3) is 3.26. The Hall–Kier alpha value is -1.12. The van der Waals surface area contributed by atoms with E-state index in [1.54, 1.807) is 43.3 Å². The van der Waals surface area contributed by atoms with Crippen LogP contribution >= 0.6 is 19.2 Å². The summed E-state index contributed by atoms with van der Waals surface area (Å²) in [6, 6.07) is 14.1. The molecule has 1 unspecified atom stereocenters. The molecule has 0 amide bonds. The van der Waals surface area contributed by atoms with Crippen LogP contribution in [-0.2, 0) is 9.09 Å². The van der Waals surface area contributed by atoms with Crippen molar-refractivity contribution in [2.75, 3.05) is 6.61 Å². The molecule has 0 spiro atoms. The van der Waals surface area contributed by atoms with Gasteiger partial charge in [-0.1, -0.05) is 41.9 Å².